The fourth-order valence-corrected chi connectivity index (χ4v) is 2.83. The predicted octanol–water partition coefficient (Wildman–Crippen LogP) is 5.09. The lowest BCUT2D eigenvalue weighted by Crippen LogP contribution is -2.09. The molecule has 1 aromatic heterocycles. The summed E-state index contributed by atoms with van der Waals surface area (Å²) in [4.78, 5) is 9.31. The third-order valence-corrected chi connectivity index (χ3v) is 4.62. The first kappa shape index (κ1) is 16.1. The SMILES string of the molecule is Brc1ccc(CNc2cc(-c3ccccc3)nc(NC3CC3)n2)cc1. The van der Waals surface area contributed by atoms with Crippen molar-refractivity contribution in [3.63, 3.8) is 0 Å². The molecule has 25 heavy (non-hydrogen) atoms. The number of hydrogen-bond donors (Lipinski definition) is 2. The predicted molar refractivity (Wildman–Crippen MR) is 106 cm³/mol. The highest BCUT2D eigenvalue weighted by Gasteiger charge is 2.22. The Labute approximate surface area is 155 Å². The number of anilines is 2. The molecule has 1 aliphatic carbocycles. The van der Waals surface area contributed by atoms with Crippen molar-refractivity contribution in [3.8, 4) is 11.3 Å². The van der Waals surface area contributed by atoms with Crippen LogP contribution in [0.15, 0.2) is 65.1 Å². The molecule has 0 atom stereocenters. The van der Waals surface area contributed by atoms with Gasteiger partial charge in [-0.05, 0) is 30.5 Å². The third-order valence-electron chi connectivity index (χ3n) is 4.09. The molecule has 126 valence electrons. The second-order valence-corrected chi connectivity index (χ2v) is 7.14. The van der Waals surface area contributed by atoms with Crippen LogP contribution in [0.2, 0.25) is 0 Å². The summed E-state index contributed by atoms with van der Waals surface area (Å²) in [5.41, 5.74) is 3.23. The molecule has 0 amide bonds. The van der Waals surface area contributed by atoms with Gasteiger partial charge in [-0.15, -0.1) is 0 Å². The fourth-order valence-electron chi connectivity index (χ4n) is 2.56. The topological polar surface area (TPSA) is 49.8 Å². The molecule has 2 N–H and O–H groups in total. The summed E-state index contributed by atoms with van der Waals surface area (Å²) < 4.78 is 1.08. The molecular weight excluding hydrogens is 376 g/mol. The van der Waals surface area contributed by atoms with Crippen molar-refractivity contribution in [1.29, 1.82) is 0 Å². The van der Waals surface area contributed by atoms with Gasteiger partial charge >= 0.3 is 0 Å². The molecule has 0 bridgehead atoms. The normalized spacial score (nSPS) is 13.5. The molecule has 4 rings (SSSR count). The van der Waals surface area contributed by atoms with Crippen LogP contribution in [-0.4, -0.2) is 16.0 Å². The monoisotopic (exact) mass is 394 g/mol. The van der Waals surface area contributed by atoms with Crippen molar-refractivity contribution < 1.29 is 0 Å². The van der Waals surface area contributed by atoms with Gasteiger partial charge in [-0.3, -0.25) is 0 Å². The van der Waals surface area contributed by atoms with Crippen LogP contribution in [0, 0.1) is 0 Å². The Bertz CT molecular complexity index is 845. The molecule has 0 saturated heterocycles. The van der Waals surface area contributed by atoms with Crippen LogP contribution in [-0.2, 0) is 6.54 Å². The smallest absolute Gasteiger partial charge is 0.225 e. The van der Waals surface area contributed by atoms with Gasteiger partial charge in [0.15, 0.2) is 0 Å². The minimum atomic E-state index is 0.519. The highest BCUT2D eigenvalue weighted by atomic mass is 79.9. The Morgan fingerprint density at radius 1 is 0.960 bits per heavy atom. The van der Waals surface area contributed by atoms with Gasteiger partial charge in [0.1, 0.15) is 5.82 Å². The first-order valence-corrected chi connectivity index (χ1v) is 9.25. The Morgan fingerprint density at radius 2 is 1.72 bits per heavy atom. The number of benzene rings is 2. The van der Waals surface area contributed by atoms with Gasteiger partial charge in [0.25, 0.3) is 0 Å². The van der Waals surface area contributed by atoms with E-state index in [1.807, 2.05) is 36.4 Å². The zero-order chi connectivity index (χ0) is 17.1. The molecule has 0 unspecified atom stereocenters. The van der Waals surface area contributed by atoms with E-state index >= 15 is 0 Å². The first-order valence-electron chi connectivity index (χ1n) is 8.46. The van der Waals surface area contributed by atoms with Crippen LogP contribution in [0.4, 0.5) is 11.8 Å². The van der Waals surface area contributed by atoms with Gasteiger partial charge in [-0.2, -0.15) is 4.98 Å². The van der Waals surface area contributed by atoms with E-state index in [0.717, 1.165) is 28.1 Å². The number of rotatable bonds is 6. The number of nitrogens with zero attached hydrogens (tertiary/aromatic N) is 2. The van der Waals surface area contributed by atoms with Gasteiger partial charge in [0.05, 0.1) is 5.69 Å². The molecule has 0 radical (unpaired) electrons. The summed E-state index contributed by atoms with van der Waals surface area (Å²) in [6.07, 6.45) is 2.39. The standard InChI is InChI=1S/C20H19BrN4/c21-16-8-6-14(7-9-16)13-22-19-12-18(15-4-2-1-3-5-15)24-20(25-19)23-17-10-11-17/h1-9,12,17H,10-11,13H2,(H2,22,23,24,25). The molecule has 1 saturated carbocycles. The number of nitrogens with one attached hydrogen (secondary N) is 2. The van der Waals surface area contributed by atoms with Crippen molar-refractivity contribution in [2.75, 3.05) is 10.6 Å². The van der Waals surface area contributed by atoms with E-state index in [0.29, 0.717) is 12.0 Å². The van der Waals surface area contributed by atoms with E-state index in [-0.39, 0.29) is 0 Å². The maximum Gasteiger partial charge on any atom is 0.225 e. The zero-order valence-electron chi connectivity index (χ0n) is 13.7. The van der Waals surface area contributed by atoms with E-state index in [1.165, 1.54) is 18.4 Å². The largest absolute Gasteiger partial charge is 0.366 e. The minimum absolute atomic E-state index is 0.519. The van der Waals surface area contributed by atoms with Crippen molar-refractivity contribution in [2.45, 2.75) is 25.4 Å². The lowest BCUT2D eigenvalue weighted by atomic mass is 10.1. The Morgan fingerprint density at radius 3 is 2.44 bits per heavy atom. The minimum Gasteiger partial charge on any atom is -0.366 e. The number of hydrogen-bond acceptors (Lipinski definition) is 4. The second kappa shape index (κ2) is 7.23. The summed E-state index contributed by atoms with van der Waals surface area (Å²) >= 11 is 3.47. The van der Waals surface area contributed by atoms with Crippen LogP contribution in [0.3, 0.4) is 0 Å². The van der Waals surface area contributed by atoms with Crippen molar-refractivity contribution >= 4 is 27.7 Å². The quantitative estimate of drug-likeness (QED) is 0.610. The lowest BCUT2D eigenvalue weighted by Gasteiger charge is -2.11. The molecule has 3 aromatic rings. The van der Waals surface area contributed by atoms with Gasteiger partial charge in [-0.25, -0.2) is 4.98 Å². The van der Waals surface area contributed by atoms with Gasteiger partial charge < -0.3 is 10.6 Å². The number of halogens is 1. The Kier molecular flexibility index (Phi) is 4.65. The van der Waals surface area contributed by atoms with Gasteiger partial charge in [-0.1, -0.05) is 58.4 Å². The summed E-state index contributed by atoms with van der Waals surface area (Å²) in [5.74, 6) is 1.53. The van der Waals surface area contributed by atoms with Gasteiger partial charge in [0.2, 0.25) is 5.95 Å². The fraction of sp³-hybridized carbons (Fsp3) is 0.200. The maximum absolute atomic E-state index is 4.68. The van der Waals surface area contributed by atoms with E-state index in [4.69, 9.17) is 0 Å². The average Bonchev–Trinajstić information content (AvgIpc) is 3.46. The third kappa shape index (κ3) is 4.37. The summed E-state index contributed by atoms with van der Waals surface area (Å²) in [6.45, 7) is 0.724. The van der Waals surface area contributed by atoms with E-state index in [1.54, 1.807) is 0 Å². The highest BCUT2D eigenvalue weighted by Crippen LogP contribution is 2.26. The van der Waals surface area contributed by atoms with Gasteiger partial charge in [0, 0.05) is 28.7 Å². The zero-order valence-corrected chi connectivity index (χ0v) is 15.3. The molecule has 1 heterocycles. The summed E-state index contributed by atoms with van der Waals surface area (Å²) in [7, 11) is 0. The molecule has 2 aromatic carbocycles. The number of aromatic nitrogens is 2. The van der Waals surface area contributed by atoms with Crippen molar-refractivity contribution in [2.24, 2.45) is 0 Å². The summed E-state index contributed by atoms with van der Waals surface area (Å²) in [6, 6.07) is 21.0. The van der Waals surface area contributed by atoms with E-state index in [2.05, 4.69) is 60.8 Å². The molecule has 0 aliphatic heterocycles. The molecule has 1 aliphatic rings. The van der Waals surface area contributed by atoms with Crippen LogP contribution < -0.4 is 10.6 Å². The lowest BCUT2D eigenvalue weighted by molar-refractivity contribution is 1.04. The maximum atomic E-state index is 4.68. The highest BCUT2D eigenvalue weighted by molar-refractivity contribution is 9.10. The summed E-state index contributed by atoms with van der Waals surface area (Å²) in [5, 5.41) is 6.82. The molecule has 4 nitrogen and oxygen atoms in total. The van der Waals surface area contributed by atoms with Crippen LogP contribution in [0.25, 0.3) is 11.3 Å². The van der Waals surface area contributed by atoms with Crippen LogP contribution in [0.5, 0.6) is 0 Å². The Balaban J connectivity index is 1.57. The van der Waals surface area contributed by atoms with E-state index in [9.17, 15) is 0 Å². The Hall–Kier alpha value is -2.40. The van der Waals surface area contributed by atoms with Crippen molar-refractivity contribution in [3.05, 3.63) is 70.7 Å². The second-order valence-electron chi connectivity index (χ2n) is 6.23. The van der Waals surface area contributed by atoms with Crippen LogP contribution >= 0.6 is 15.9 Å². The van der Waals surface area contributed by atoms with E-state index < -0.39 is 0 Å². The first-order chi connectivity index (χ1) is 12.3. The molecule has 0 spiro atoms. The molecule has 1 fully saturated rings. The van der Waals surface area contributed by atoms with Crippen molar-refractivity contribution in [1.82, 2.24) is 9.97 Å². The van der Waals surface area contributed by atoms with Crippen LogP contribution in [0.1, 0.15) is 18.4 Å². The average molecular weight is 395 g/mol. The molecular formula is C20H19BrN4. The molecule has 5 heteroatoms.